The van der Waals surface area contributed by atoms with E-state index < -0.39 is 0 Å². The highest BCUT2D eigenvalue weighted by atomic mass is 32.1. The van der Waals surface area contributed by atoms with E-state index in [9.17, 15) is 0 Å². The molecule has 2 heteroatoms. The van der Waals surface area contributed by atoms with Crippen LogP contribution >= 0.6 is 11.3 Å². The first-order chi connectivity index (χ1) is 7.01. The Morgan fingerprint density at radius 2 is 2.07 bits per heavy atom. The zero-order valence-electron chi connectivity index (χ0n) is 10.6. The van der Waals surface area contributed by atoms with E-state index in [0.717, 1.165) is 6.54 Å². The van der Waals surface area contributed by atoms with E-state index in [4.69, 9.17) is 0 Å². The molecule has 0 aromatic carbocycles. The van der Waals surface area contributed by atoms with Crippen molar-refractivity contribution >= 4 is 11.3 Å². The first-order valence-corrected chi connectivity index (χ1v) is 6.67. The molecule has 1 atom stereocenters. The average molecular weight is 225 g/mol. The Morgan fingerprint density at radius 1 is 1.40 bits per heavy atom. The van der Waals surface area contributed by atoms with Gasteiger partial charge in [0, 0.05) is 10.9 Å². The van der Waals surface area contributed by atoms with Crippen molar-refractivity contribution in [2.45, 2.75) is 47.1 Å². The first-order valence-electron chi connectivity index (χ1n) is 5.79. The Bertz CT molecular complexity index is 301. The Balaban J connectivity index is 2.92. The van der Waals surface area contributed by atoms with Gasteiger partial charge in [-0.15, -0.1) is 11.3 Å². The van der Waals surface area contributed by atoms with Gasteiger partial charge in [-0.3, -0.25) is 0 Å². The summed E-state index contributed by atoms with van der Waals surface area (Å²) in [6, 6.07) is 2.80. The van der Waals surface area contributed by atoms with E-state index in [1.54, 1.807) is 0 Å². The molecule has 1 unspecified atom stereocenters. The van der Waals surface area contributed by atoms with Crippen LogP contribution in [0.1, 0.15) is 50.6 Å². The summed E-state index contributed by atoms with van der Waals surface area (Å²) in [6.45, 7) is 12.3. The maximum atomic E-state index is 3.61. The third kappa shape index (κ3) is 3.05. The maximum absolute atomic E-state index is 3.61. The topological polar surface area (TPSA) is 12.0 Å². The third-order valence-electron chi connectivity index (χ3n) is 3.19. The molecule has 15 heavy (non-hydrogen) atoms. The van der Waals surface area contributed by atoms with E-state index >= 15 is 0 Å². The lowest BCUT2D eigenvalue weighted by atomic mass is 9.79. The van der Waals surface area contributed by atoms with Gasteiger partial charge in [0.05, 0.1) is 0 Å². The SMILES string of the molecule is CCNC(c1csc(C)c1)C(C)(C)CC. The zero-order valence-corrected chi connectivity index (χ0v) is 11.4. The molecule has 0 saturated carbocycles. The van der Waals surface area contributed by atoms with Crippen LogP contribution in [0, 0.1) is 12.3 Å². The van der Waals surface area contributed by atoms with Crippen molar-refractivity contribution in [2.75, 3.05) is 6.54 Å². The average Bonchev–Trinajstić information content (AvgIpc) is 2.60. The van der Waals surface area contributed by atoms with Gasteiger partial charge in [-0.05, 0) is 42.3 Å². The molecule has 1 aromatic rings. The normalized spacial score (nSPS) is 14.2. The van der Waals surface area contributed by atoms with Gasteiger partial charge < -0.3 is 5.32 Å². The van der Waals surface area contributed by atoms with Gasteiger partial charge in [0.15, 0.2) is 0 Å². The Labute approximate surface area is 97.9 Å². The molecule has 86 valence electrons. The van der Waals surface area contributed by atoms with Crippen molar-refractivity contribution in [3.63, 3.8) is 0 Å². The van der Waals surface area contributed by atoms with Crippen molar-refractivity contribution in [3.05, 3.63) is 21.9 Å². The highest BCUT2D eigenvalue weighted by Gasteiger charge is 2.28. The van der Waals surface area contributed by atoms with Crippen molar-refractivity contribution in [1.29, 1.82) is 0 Å². The molecule has 1 nitrogen and oxygen atoms in total. The molecule has 0 aliphatic carbocycles. The minimum atomic E-state index is 0.323. The molecular weight excluding hydrogens is 202 g/mol. The standard InChI is InChI=1S/C13H23NS/c1-6-13(4,5)12(14-7-2)11-8-10(3)15-9-11/h8-9,12,14H,6-7H2,1-5H3. The second-order valence-corrected chi connectivity index (χ2v) is 5.94. The Morgan fingerprint density at radius 3 is 2.47 bits per heavy atom. The van der Waals surface area contributed by atoms with Crippen LogP contribution in [0.3, 0.4) is 0 Å². The largest absolute Gasteiger partial charge is 0.310 e. The van der Waals surface area contributed by atoms with Gasteiger partial charge in [0.25, 0.3) is 0 Å². The number of thiophene rings is 1. The predicted octanol–water partition coefficient (Wildman–Crippen LogP) is 4.14. The quantitative estimate of drug-likeness (QED) is 0.794. The summed E-state index contributed by atoms with van der Waals surface area (Å²) in [5.41, 5.74) is 1.77. The van der Waals surface area contributed by atoms with Gasteiger partial charge in [-0.25, -0.2) is 0 Å². The summed E-state index contributed by atoms with van der Waals surface area (Å²) in [5, 5.41) is 5.90. The van der Waals surface area contributed by atoms with Crippen LogP contribution in [0.2, 0.25) is 0 Å². The minimum absolute atomic E-state index is 0.323. The van der Waals surface area contributed by atoms with Gasteiger partial charge in [-0.2, -0.15) is 0 Å². The molecular formula is C13H23NS. The van der Waals surface area contributed by atoms with Crippen molar-refractivity contribution < 1.29 is 0 Å². The van der Waals surface area contributed by atoms with E-state index in [1.807, 2.05) is 11.3 Å². The van der Waals surface area contributed by atoms with Crippen molar-refractivity contribution in [3.8, 4) is 0 Å². The molecule has 1 N–H and O–H groups in total. The Hall–Kier alpha value is -0.340. The number of aryl methyl sites for hydroxylation is 1. The van der Waals surface area contributed by atoms with Crippen LogP contribution in [0.5, 0.6) is 0 Å². The van der Waals surface area contributed by atoms with Crippen molar-refractivity contribution in [2.24, 2.45) is 5.41 Å². The van der Waals surface area contributed by atoms with Crippen LogP contribution in [-0.2, 0) is 0 Å². The molecule has 1 aromatic heterocycles. The molecule has 0 radical (unpaired) electrons. The minimum Gasteiger partial charge on any atom is -0.310 e. The van der Waals surface area contributed by atoms with Gasteiger partial charge in [0.1, 0.15) is 0 Å². The second-order valence-electron chi connectivity index (χ2n) is 4.82. The van der Waals surface area contributed by atoms with Crippen LogP contribution in [-0.4, -0.2) is 6.54 Å². The molecule has 0 saturated heterocycles. The van der Waals surface area contributed by atoms with E-state index in [-0.39, 0.29) is 0 Å². The lowest BCUT2D eigenvalue weighted by Gasteiger charge is -2.34. The first kappa shape index (κ1) is 12.7. The van der Waals surface area contributed by atoms with Crippen LogP contribution in [0.15, 0.2) is 11.4 Å². The Kier molecular flexibility index (Phi) is 4.35. The number of nitrogens with one attached hydrogen (secondary N) is 1. The van der Waals surface area contributed by atoms with E-state index in [0.29, 0.717) is 11.5 Å². The highest BCUT2D eigenvalue weighted by molar-refractivity contribution is 7.10. The van der Waals surface area contributed by atoms with Gasteiger partial charge in [-0.1, -0.05) is 27.7 Å². The molecule has 0 aliphatic heterocycles. The van der Waals surface area contributed by atoms with E-state index in [1.165, 1.54) is 16.9 Å². The summed E-state index contributed by atoms with van der Waals surface area (Å²) in [6.07, 6.45) is 1.19. The molecule has 0 aliphatic rings. The van der Waals surface area contributed by atoms with Crippen LogP contribution in [0.4, 0.5) is 0 Å². The fourth-order valence-electron chi connectivity index (χ4n) is 1.87. The van der Waals surface area contributed by atoms with E-state index in [2.05, 4.69) is 51.4 Å². The fraction of sp³-hybridized carbons (Fsp3) is 0.692. The molecule has 0 spiro atoms. The number of rotatable bonds is 5. The molecule has 0 amide bonds. The summed E-state index contributed by atoms with van der Waals surface area (Å²) >= 11 is 1.85. The number of hydrogen-bond donors (Lipinski definition) is 1. The lowest BCUT2D eigenvalue weighted by molar-refractivity contribution is 0.238. The van der Waals surface area contributed by atoms with Gasteiger partial charge in [0.2, 0.25) is 0 Å². The predicted molar refractivity (Wildman–Crippen MR) is 69.5 cm³/mol. The highest BCUT2D eigenvalue weighted by Crippen LogP contribution is 2.37. The zero-order chi connectivity index (χ0) is 11.5. The monoisotopic (exact) mass is 225 g/mol. The molecule has 1 rings (SSSR count). The summed E-state index contributed by atoms with van der Waals surface area (Å²) in [4.78, 5) is 1.40. The number of hydrogen-bond acceptors (Lipinski definition) is 2. The van der Waals surface area contributed by atoms with Crippen LogP contribution in [0.25, 0.3) is 0 Å². The smallest absolute Gasteiger partial charge is 0.0380 e. The summed E-state index contributed by atoms with van der Waals surface area (Å²) < 4.78 is 0. The lowest BCUT2D eigenvalue weighted by Crippen LogP contribution is -2.33. The summed E-state index contributed by atoms with van der Waals surface area (Å²) in [5.74, 6) is 0. The molecule has 1 heterocycles. The van der Waals surface area contributed by atoms with Crippen molar-refractivity contribution in [1.82, 2.24) is 5.32 Å². The maximum Gasteiger partial charge on any atom is 0.0380 e. The fourth-order valence-corrected chi connectivity index (χ4v) is 2.60. The third-order valence-corrected chi connectivity index (χ3v) is 4.06. The summed E-state index contributed by atoms with van der Waals surface area (Å²) in [7, 11) is 0. The molecule has 0 fully saturated rings. The second kappa shape index (κ2) is 5.13. The molecule has 0 bridgehead atoms. The van der Waals surface area contributed by atoms with Gasteiger partial charge >= 0.3 is 0 Å². The van der Waals surface area contributed by atoms with Crippen LogP contribution < -0.4 is 5.32 Å².